The Hall–Kier alpha value is -1.81. The molecule has 26 heavy (non-hydrogen) atoms. The molecular formula is C16H27F3N6O. The van der Waals surface area contributed by atoms with Gasteiger partial charge in [-0.25, -0.2) is 4.99 Å². The molecule has 1 saturated heterocycles. The monoisotopic (exact) mass is 376 g/mol. The summed E-state index contributed by atoms with van der Waals surface area (Å²) in [5, 5.41) is 9.72. The Kier molecular flexibility index (Phi) is 7.70. The van der Waals surface area contributed by atoms with Crippen LogP contribution >= 0.6 is 0 Å². The topological polar surface area (TPSA) is 66.7 Å². The summed E-state index contributed by atoms with van der Waals surface area (Å²) in [5.41, 5.74) is -0.822. The highest BCUT2D eigenvalue weighted by Gasteiger charge is 2.36. The van der Waals surface area contributed by atoms with Gasteiger partial charge in [-0.15, -0.1) is 0 Å². The fourth-order valence-electron chi connectivity index (χ4n) is 2.73. The van der Waals surface area contributed by atoms with Crippen LogP contribution in [0.4, 0.5) is 13.2 Å². The maximum Gasteiger partial charge on any atom is 0.435 e. The second-order valence-corrected chi connectivity index (χ2v) is 6.10. The van der Waals surface area contributed by atoms with Gasteiger partial charge >= 0.3 is 6.18 Å². The van der Waals surface area contributed by atoms with E-state index in [0.29, 0.717) is 19.0 Å². The van der Waals surface area contributed by atoms with Crippen LogP contribution < -0.4 is 10.6 Å². The molecule has 0 radical (unpaired) electrons. The van der Waals surface area contributed by atoms with E-state index in [4.69, 9.17) is 4.74 Å². The number of rotatable bonds is 7. The van der Waals surface area contributed by atoms with Crippen LogP contribution in [0.1, 0.15) is 24.6 Å². The number of morpholine rings is 1. The van der Waals surface area contributed by atoms with E-state index in [0.717, 1.165) is 44.0 Å². The Labute approximate surface area is 151 Å². The number of nitrogens with one attached hydrogen (secondary N) is 2. The molecule has 7 nitrogen and oxygen atoms in total. The first kappa shape index (κ1) is 20.5. The lowest BCUT2D eigenvalue weighted by atomic mass is 10.2. The Morgan fingerprint density at radius 2 is 2.04 bits per heavy atom. The van der Waals surface area contributed by atoms with E-state index in [1.807, 2.05) is 6.92 Å². The van der Waals surface area contributed by atoms with E-state index < -0.39 is 11.9 Å². The summed E-state index contributed by atoms with van der Waals surface area (Å²) in [7, 11) is 1.47. The highest BCUT2D eigenvalue weighted by Crippen LogP contribution is 2.30. The third kappa shape index (κ3) is 6.49. The van der Waals surface area contributed by atoms with E-state index in [-0.39, 0.29) is 12.1 Å². The average Bonchev–Trinajstić information content (AvgIpc) is 2.98. The van der Waals surface area contributed by atoms with Gasteiger partial charge in [0.25, 0.3) is 0 Å². The van der Waals surface area contributed by atoms with Crippen LogP contribution in [0, 0.1) is 0 Å². The molecule has 0 amide bonds. The normalized spacial score (nSPS) is 16.7. The molecule has 0 aliphatic carbocycles. The van der Waals surface area contributed by atoms with Crippen LogP contribution in [0.15, 0.2) is 11.2 Å². The molecule has 1 aromatic heterocycles. The summed E-state index contributed by atoms with van der Waals surface area (Å²) < 4.78 is 45.4. The standard InChI is InChI=1S/C16H27F3N6O/c1-3-20-15(21-5-4-6-25-7-9-26-10-8-25)22-11-13-12-24(2)23-14(13)16(17,18)19/h12H,3-11H2,1-2H3,(H2,20,21,22). The molecule has 0 atom stereocenters. The van der Waals surface area contributed by atoms with Crippen LogP contribution in [0.25, 0.3) is 0 Å². The van der Waals surface area contributed by atoms with Crippen molar-refractivity contribution in [1.29, 1.82) is 0 Å². The van der Waals surface area contributed by atoms with Gasteiger partial charge in [0.2, 0.25) is 0 Å². The van der Waals surface area contributed by atoms with Gasteiger partial charge in [-0.1, -0.05) is 0 Å². The predicted octanol–water partition coefficient (Wildman–Crippen LogP) is 1.22. The first-order valence-corrected chi connectivity index (χ1v) is 8.82. The summed E-state index contributed by atoms with van der Waals surface area (Å²) in [4.78, 5) is 6.60. The van der Waals surface area contributed by atoms with Crippen molar-refractivity contribution in [1.82, 2.24) is 25.3 Å². The summed E-state index contributed by atoms with van der Waals surface area (Å²) >= 11 is 0. The Morgan fingerprint density at radius 1 is 1.31 bits per heavy atom. The van der Waals surface area contributed by atoms with Crippen molar-refractivity contribution >= 4 is 5.96 Å². The first-order valence-electron chi connectivity index (χ1n) is 8.82. The van der Waals surface area contributed by atoms with Crippen LogP contribution in [0.2, 0.25) is 0 Å². The van der Waals surface area contributed by atoms with Gasteiger partial charge in [-0.05, 0) is 19.9 Å². The maximum atomic E-state index is 13.0. The number of hydrogen-bond acceptors (Lipinski definition) is 4. The number of nitrogens with zero attached hydrogens (tertiary/aromatic N) is 4. The molecule has 0 unspecified atom stereocenters. The largest absolute Gasteiger partial charge is 0.435 e. The molecule has 1 aliphatic rings. The number of aryl methyl sites for hydroxylation is 1. The third-order valence-electron chi connectivity index (χ3n) is 3.97. The molecule has 2 heterocycles. The molecule has 0 saturated carbocycles. The summed E-state index contributed by atoms with van der Waals surface area (Å²) in [6.07, 6.45) is -2.20. The van der Waals surface area contributed by atoms with Crippen molar-refractivity contribution in [2.24, 2.45) is 12.0 Å². The van der Waals surface area contributed by atoms with Crippen LogP contribution in [0.5, 0.6) is 0 Å². The molecule has 148 valence electrons. The molecule has 0 spiro atoms. The van der Waals surface area contributed by atoms with E-state index in [1.165, 1.54) is 13.2 Å². The van der Waals surface area contributed by atoms with E-state index in [2.05, 4.69) is 25.6 Å². The third-order valence-corrected chi connectivity index (χ3v) is 3.97. The first-order chi connectivity index (χ1) is 12.4. The second kappa shape index (κ2) is 9.77. The van der Waals surface area contributed by atoms with Gasteiger partial charge in [0, 0.05) is 45.0 Å². The van der Waals surface area contributed by atoms with E-state index in [9.17, 15) is 13.2 Å². The Bertz CT molecular complexity index is 581. The lowest BCUT2D eigenvalue weighted by Gasteiger charge is -2.26. The van der Waals surface area contributed by atoms with Crippen molar-refractivity contribution in [2.45, 2.75) is 26.1 Å². The zero-order valence-electron chi connectivity index (χ0n) is 15.3. The zero-order valence-corrected chi connectivity index (χ0v) is 15.3. The lowest BCUT2D eigenvalue weighted by Crippen LogP contribution is -2.40. The molecule has 0 bridgehead atoms. The van der Waals surface area contributed by atoms with Gasteiger partial charge in [-0.3, -0.25) is 9.58 Å². The SMILES string of the molecule is CCNC(=NCc1cn(C)nc1C(F)(F)F)NCCCN1CCOCC1. The number of aromatic nitrogens is 2. The molecule has 1 fully saturated rings. The summed E-state index contributed by atoms with van der Waals surface area (Å²) in [5.74, 6) is 0.506. The highest BCUT2D eigenvalue weighted by atomic mass is 19.4. The molecule has 2 N–H and O–H groups in total. The van der Waals surface area contributed by atoms with Crippen LogP contribution in [-0.2, 0) is 24.5 Å². The highest BCUT2D eigenvalue weighted by molar-refractivity contribution is 5.79. The van der Waals surface area contributed by atoms with Crippen molar-refractivity contribution in [3.8, 4) is 0 Å². The van der Waals surface area contributed by atoms with Crippen molar-refractivity contribution in [3.63, 3.8) is 0 Å². The minimum atomic E-state index is -4.48. The van der Waals surface area contributed by atoms with E-state index >= 15 is 0 Å². The molecule has 1 aromatic rings. The molecular weight excluding hydrogens is 349 g/mol. The van der Waals surface area contributed by atoms with Gasteiger partial charge in [0.15, 0.2) is 11.7 Å². The lowest BCUT2D eigenvalue weighted by molar-refractivity contribution is -0.142. The minimum absolute atomic E-state index is 0.0607. The van der Waals surface area contributed by atoms with Gasteiger partial charge < -0.3 is 15.4 Å². The number of aliphatic imine (C=N–C) groups is 1. The van der Waals surface area contributed by atoms with Crippen LogP contribution in [-0.4, -0.2) is 66.6 Å². The molecule has 1 aliphatic heterocycles. The van der Waals surface area contributed by atoms with Gasteiger partial charge in [-0.2, -0.15) is 18.3 Å². The second-order valence-electron chi connectivity index (χ2n) is 6.10. The number of hydrogen-bond donors (Lipinski definition) is 2. The zero-order chi connectivity index (χ0) is 19.0. The number of ether oxygens (including phenoxy) is 1. The fraction of sp³-hybridized carbons (Fsp3) is 0.750. The van der Waals surface area contributed by atoms with Crippen LogP contribution in [0.3, 0.4) is 0 Å². The molecule has 10 heteroatoms. The molecule has 2 rings (SSSR count). The van der Waals surface area contributed by atoms with Gasteiger partial charge in [0.05, 0.1) is 19.8 Å². The number of alkyl halides is 3. The fourth-order valence-corrected chi connectivity index (χ4v) is 2.73. The summed E-state index contributed by atoms with van der Waals surface area (Å²) in [6, 6.07) is 0. The van der Waals surface area contributed by atoms with Gasteiger partial charge in [0.1, 0.15) is 0 Å². The van der Waals surface area contributed by atoms with Crippen molar-refractivity contribution in [2.75, 3.05) is 45.9 Å². The Morgan fingerprint density at radius 3 is 2.69 bits per heavy atom. The smallest absolute Gasteiger partial charge is 0.379 e. The maximum absolute atomic E-state index is 13.0. The average molecular weight is 376 g/mol. The number of guanidine groups is 1. The predicted molar refractivity (Wildman–Crippen MR) is 92.9 cm³/mol. The van der Waals surface area contributed by atoms with E-state index in [1.54, 1.807) is 0 Å². The summed E-state index contributed by atoms with van der Waals surface area (Å²) in [6.45, 7) is 7.53. The van der Waals surface area contributed by atoms with Crippen molar-refractivity contribution in [3.05, 3.63) is 17.5 Å². The molecule has 0 aromatic carbocycles. The Balaban J connectivity index is 1.86. The number of halogens is 3. The minimum Gasteiger partial charge on any atom is -0.379 e. The quantitative estimate of drug-likeness (QED) is 0.426. The van der Waals surface area contributed by atoms with Crippen molar-refractivity contribution < 1.29 is 17.9 Å².